The molecule has 1 aromatic carbocycles. The van der Waals surface area contributed by atoms with E-state index in [-0.39, 0.29) is 24.1 Å². The number of benzene rings is 1. The van der Waals surface area contributed by atoms with Crippen LogP contribution in [0.2, 0.25) is 0 Å². The minimum absolute atomic E-state index is 0. The van der Waals surface area contributed by atoms with Gasteiger partial charge in [0.25, 0.3) is 0 Å². The number of halogens is 2. The highest BCUT2D eigenvalue weighted by atomic mass is 35.5. The number of carbonyl (C=O) groups is 1. The van der Waals surface area contributed by atoms with E-state index in [2.05, 4.69) is 5.32 Å². The second kappa shape index (κ2) is 7.63. The van der Waals surface area contributed by atoms with E-state index in [4.69, 9.17) is 0 Å². The lowest BCUT2D eigenvalue weighted by Crippen LogP contribution is -2.50. The third kappa shape index (κ3) is 3.53. The van der Waals surface area contributed by atoms with Gasteiger partial charge in [-0.15, -0.1) is 12.4 Å². The Morgan fingerprint density at radius 2 is 1.74 bits per heavy atom. The largest absolute Gasteiger partial charge is 0.342 e. The summed E-state index contributed by atoms with van der Waals surface area (Å²) in [5.74, 6) is 0.0188. The van der Waals surface area contributed by atoms with Crippen LogP contribution in [0.4, 0.5) is 4.39 Å². The highest BCUT2D eigenvalue weighted by Crippen LogP contribution is 2.43. The number of likely N-dealkylation sites (tertiary alicyclic amines) is 1. The molecule has 1 amide bonds. The Hall–Kier alpha value is -1.13. The van der Waals surface area contributed by atoms with Gasteiger partial charge in [-0.1, -0.05) is 25.0 Å². The summed E-state index contributed by atoms with van der Waals surface area (Å²) in [4.78, 5) is 15.2. The maximum absolute atomic E-state index is 13.2. The summed E-state index contributed by atoms with van der Waals surface area (Å²) < 4.78 is 13.2. The molecule has 128 valence electrons. The SMILES string of the molecule is CNC1CCN(C(=O)C2(c3ccc(F)cc3)CCCC2)CC1.Cl. The van der Waals surface area contributed by atoms with Crippen molar-refractivity contribution in [1.82, 2.24) is 10.2 Å². The number of amides is 1. The molecule has 1 N–H and O–H groups in total. The van der Waals surface area contributed by atoms with Crippen LogP contribution in [-0.2, 0) is 10.2 Å². The maximum atomic E-state index is 13.2. The van der Waals surface area contributed by atoms with Gasteiger partial charge < -0.3 is 10.2 Å². The first-order valence-corrected chi connectivity index (χ1v) is 8.38. The van der Waals surface area contributed by atoms with Gasteiger partial charge in [-0.3, -0.25) is 4.79 Å². The van der Waals surface area contributed by atoms with Crippen molar-refractivity contribution in [3.63, 3.8) is 0 Å². The Morgan fingerprint density at radius 3 is 2.26 bits per heavy atom. The van der Waals surface area contributed by atoms with Crippen LogP contribution in [0.15, 0.2) is 24.3 Å². The topological polar surface area (TPSA) is 32.3 Å². The van der Waals surface area contributed by atoms with Gasteiger partial charge in [-0.05, 0) is 50.4 Å². The molecule has 1 aliphatic heterocycles. The zero-order valence-corrected chi connectivity index (χ0v) is 14.5. The van der Waals surface area contributed by atoms with Gasteiger partial charge >= 0.3 is 0 Å². The van der Waals surface area contributed by atoms with Gasteiger partial charge in [-0.2, -0.15) is 0 Å². The first-order valence-electron chi connectivity index (χ1n) is 8.38. The summed E-state index contributed by atoms with van der Waals surface area (Å²) in [6.45, 7) is 1.65. The molecule has 23 heavy (non-hydrogen) atoms. The minimum atomic E-state index is -0.416. The average Bonchev–Trinajstić information content (AvgIpc) is 3.06. The molecule has 0 unspecified atom stereocenters. The smallest absolute Gasteiger partial charge is 0.233 e. The molecule has 5 heteroatoms. The fraction of sp³-hybridized carbons (Fsp3) is 0.611. The molecule has 1 saturated carbocycles. The predicted molar refractivity (Wildman–Crippen MR) is 92.5 cm³/mol. The zero-order valence-electron chi connectivity index (χ0n) is 13.7. The molecular weight excluding hydrogens is 315 g/mol. The number of nitrogens with zero attached hydrogens (tertiary/aromatic N) is 1. The standard InChI is InChI=1S/C18H25FN2O.ClH/c1-20-16-8-12-21(13-9-16)17(22)18(10-2-3-11-18)14-4-6-15(19)7-5-14;/h4-7,16,20H,2-3,8-13H2,1H3;1H. The fourth-order valence-corrected chi connectivity index (χ4v) is 4.05. The van der Waals surface area contributed by atoms with Crippen LogP contribution in [0.25, 0.3) is 0 Å². The van der Waals surface area contributed by atoms with E-state index < -0.39 is 5.41 Å². The van der Waals surface area contributed by atoms with Crippen LogP contribution in [-0.4, -0.2) is 37.0 Å². The van der Waals surface area contributed by atoms with Crippen LogP contribution in [0.3, 0.4) is 0 Å². The van der Waals surface area contributed by atoms with Crippen molar-refractivity contribution >= 4 is 18.3 Å². The Labute approximate surface area is 144 Å². The van der Waals surface area contributed by atoms with E-state index in [1.54, 1.807) is 12.1 Å². The molecule has 3 rings (SSSR count). The molecule has 2 aliphatic rings. The molecule has 0 radical (unpaired) electrons. The summed E-state index contributed by atoms with van der Waals surface area (Å²) in [7, 11) is 1.99. The van der Waals surface area contributed by atoms with Crippen molar-refractivity contribution in [2.75, 3.05) is 20.1 Å². The van der Waals surface area contributed by atoms with E-state index in [9.17, 15) is 9.18 Å². The van der Waals surface area contributed by atoms with E-state index in [0.717, 1.165) is 57.2 Å². The lowest BCUT2D eigenvalue weighted by Gasteiger charge is -2.38. The molecule has 1 aliphatic carbocycles. The number of hydrogen-bond donors (Lipinski definition) is 1. The van der Waals surface area contributed by atoms with Gasteiger partial charge in [0.1, 0.15) is 5.82 Å². The van der Waals surface area contributed by atoms with Crippen LogP contribution >= 0.6 is 12.4 Å². The average molecular weight is 341 g/mol. The van der Waals surface area contributed by atoms with Crippen LogP contribution in [0.5, 0.6) is 0 Å². The molecule has 1 aromatic rings. The van der Waals surface area contributed by atoms with Crippen molar-refractivity contribution < 1.29 is 9.18 Å². The number of carbonyl (C=O) groups excluding carboxylic acids is 1. The quantitative estimate of drug-likeness (QED) is 0.916. The van der Waals surface area contributed by atoms with Gasteiger partial charge in [0.2, 0.25) is 5.91 Å². The number of hydrogen-bond acceptors (Lipinski definition) is 2. The van der Waals surface area contributed by atoms with E-state index in [1.807, 2.05) is 11.9 Å². The Bertz CT molecular complexity index is 520. The van der Waals surface area contributed by atoms with Crippen molar-refractivity contribution in [2.45, 2.75) is 50.0 Å². The fourth-order valence-electron chi connectivity index (χ4n) is 4.05. The van der Waals surface area contributed by atoms with Crippen LogP contribution in [0.1, 0.15) is 44.1 Å². The lowest BCUT2D eigenvalue weighted by molar-refractivity contribution is -0.138. The summed E-state index contributed by atoms with van der Waals surface area (Å²) in [6.07, 6.45) is 5.97. The highest BCUT2D eigenvalue weighted by Gasteiger charge is 2.45. The molecule has 2 fully saturated rings. The first-order chi connectivity index (χ1) is 10.7. The summed E-state index contributed by atoms with van der Waals surface area (Å²) in [6, 6.07) is 7.10. The molecule has 0 atom stereocenters. The molecule has 0 bridgehead atoms. The van der Waals surface area contributed by atoms with Gasteiger partial charge in [0, 0.05) is 19.1 Å². The van der Waals surface area contributed by atoms with Crippen molar-refractivity contribution in [2.24, 2.45) is 0 Å². The second-order valence-corrected chi connectivity index (χ2v) is 6.65. The second-order valence-electron chi connectivity index (χ2n) is 6.65. The Morgan fingerprint density at radius 1 is 1.17 bits per heavy atom. The first kappa shape index (κ1) is 18.2. The third-order valence-corrected chi connectivity index (χ3v) is 5.45. The molecular formula is C18H26ClFN2O. The van der Waals surface area contributed by atoms with Gasteiger partial charge in [-0.25, -0.2) is 4.39 Å². The normalized spacial score (nSPS) is 21.0. The van der Waals surface area contributed by atoms with Gasteiger partial charge in [0.05, 0.1) is 5.41 Å². The summed E-state index contributed by atoms with van der Waals surface area (Å²) in [5.41, 5.74) is 0.576. The number of piperidine rings is 1. The van der Waals surface area contributed by atoms with E-state index >= 15 is 0 Å². The zero-order chi connectivity index (χ0) is 15.6. The Kier molecular flexibility index (Phi) is 6.04. The number of nitrogens with one attached hydrogen (secondary N) is 1. The molecule has 3 nitrogen and oxygen atoms in total. The summed E-state index contributed by atoms with van der Waals surface area (Å²) in [5, 5.41) is 3.30. The summed E-state index contributed by atoms with van der Waals surface area (Å²) >= 11 is 0. The maximum Gasteiger partial charge on any atom is 0.233 e. The lowest BCUT2D eigenvalue weighted by atomic mass is 9.77. The van der Waals surface area contributed by atoms with Crippen molar-refractivity contribution in [3.05, 3.63) is 35.6 Å². The Balaban J connectivity index is 0.00000192. The van der Waals surface area contributed by atoms with Crippen LogP contribution in [0, 0.1) is 5.82 Å². The molecule has 0 spiro atoms. The minimum Gasteiger partial charge on any atom is -0.342 e. The highest BCUT2D eigenvalue weighted by molar-refractivity contribution is 5.88. The monoisotopic (exact) mass is 340 g/mol. The van der Waals surface area contributed by atoms with E-state index in [0.29, 0.717) is 6.04 Å². The molecule has 0 aromatic heterocycles. The predicted octanol–water partition coefficient (Wildman–Crippen LogP) is 3.27. The third-order valence-electron chi connectivity index (χ3n) is 5.45. The van der Waals surface area contributed by atoms with Crippen molar-refractivity contribution in [3.8, 4) is 0 Å². The number of rotatable bonds is 3. The molecule has 1 saturated heterocycles. The molecule has 1 heterocycles. The van der Waals surface area contributed by atoms with Gasteiger partial charge in [0.15, 0.2) is 0 Å². The van der Waals surface area contributed by atoms with Crippen molar-refractivity contribution in [1.29, 1.82) is 0 Å². The van der Waals surface area contributed by atoms with E-state index in [1.165, 1.54) is 12.1 Å². The van der Waals surface area contributed by atoms with Crippen LogP contribution < -0.4 is 5.32 Å².